The van der Waals surface area contributed by atoms with E-state index in [1.165, 1.54) is 12.0 Å². The number of fused-ring (bicyclic) bond motifs is 1. The summed E-state index contributed by atoms with van der Waals surface area (Å²) in [4.78, 5) is 44.5. The predicted molar refractivity (Wildman–Crippen MR) is 132 cm³/mol. The van der Waals surface area contributed by atoms with Crippen LogP contribution in [-0.4, -0.2) is 48.1 Å². The first-order valence-electron chi connectivity index (χ1n) is 10.8. The summed E-state index contributed by atoms with van der Waals surface area (Å²) >= 11 is 7.15. The topological polar surface area (TPSA) is 115 Å². The van der Waals surface area contributed by atoms with Gasteiger partial charge in [0, 0.05) is 10.6 Å². The summed E-state index contributed by atoms with van der Waals surface area (Å²) in [6.45, 7) is 2.35. The number of methoxy groups -OCH3 is 1. The summed E-state index contributed by atoms with van der Waals surface area (Å²) in [6.07, 6.45) is 0. The highest BCUT2D eigenvalue weighted by atomic mass is 35.5. The van der Waals surface area contributed by atoms with Crippen molar-refractivity contribution in [2.24, 2.45) is 0 Å². The average Bonchev–Trinajstić information content (AvgIpc) is 3.39. The van der Waals surface area contributed by atoms with Crippen molar-refractivity contribution in [2.45, 2.75) is 13.0 Å². The van der Waals surface area contributed by atoms with Crippen LogP contribution in [0.5, 0.6) is 11.5 Å². The van der Waals surface area contributed by atoms with Crippen molar-refractivity contribution in [3.05, 3.63) is 74.8 Å². The molecule has 1 atom stereocenters. The molecule has 1 saturated heterocycles. The van der Waals surface area contributed by atoms with Crippen LogP contribution in [0.2, 0.25) is 5.02 Å². The molecule has 2 aliphatic rings. The molecule has 0 bridgehead atoms. The summed E-state index contributed by atoms with van der Waals surface area (Å²) in [5.74, 6) is -1.87. The molecule has 0 radical (unpaired) electrons. The molecular weight excluding hydrogens is 508 g/mol. The number of hydrogen-bond donors (Lipinski definition) is 1. The van der Waals surface area contributed by atoms with Crippen LogP contribution in [0.15, 0.2) is 48.0 Å². The van der Waals surface area contributed by atoms with Crippen molar-refractivity contribution in [3.8, 4) is 11.5 Å². The zero-order chi connectivity index (χ0) is 25.6. The van der Waals surface area contributed by atoms with Gasteiger partial charge in [-0.15, -0.1) is 0 Å². The zero-order valence-electron chi connectivity index (χ0n) is 19.1. The summed E-state index contributed by atoms with van der Waals surface area (Å²) in [7, 11) is 1.24. The Morgan fingerprint density at radius 2 is 1.92 bits per heavy atom. The van der Waals surface area contributed by atoms with Crippen molar-refractivity contribution in [1.29, 1.82) is 0 Å². The minimum atomic E-state index is -1.05. The van der Waals surface area contributed by atoms with E-state index in [1.807, 2.05) is 0 Å². The van der Waals surface area contributed by atoms with Gasteiger partial charge in [0.1, 0.15) is 23.9 Å². The maximum Gasteiger partial charge on any atom is 0.350 e. The number of nitrogens with zero attached hydrogens (tertiary/aromatic N) is 2. The van der Waals surface area contributed by atoms with E-state index < -0.39 is 23.7 Å². The number of ketones is 1. The maximum atomic E-state index is 13.3. The monoisotopic (exact) mass is 526 g/mol. The van der Waals surface area contributed by atoms with Gasteiger partial charge in [-0.1, -0.05) is 35.1 Å². The fourth-order valence-electron chi connectivity index (χ4n) is 4.14. The number of esters is 1. The van der Waals surface area contributed by atoms with Gasteiger partial charge in [0.2, 0.25) is 0 Å². The molecule has 1 N–H and O–H groups in total. The number of ether oxygens (including phenoxy) is 3. The highest BCUT2D eigenvalue weighted by molar-refractivity contribution is 7.17. The van der Waals surface area contributed by atoms with Gasteiger partial charge in [-0.3, -0.25) is 14.5 Å². The first-order valence-corrected chi connectivity index (χ1v) is 12.0. The van der Waals surface area contributed by atoms with Crippen molar-refractivity contribution >= 4 is 51.5 Å². The lowest BCUT2D eigenvalue weighted by Crippen LogP contribution is -2.29. The van der Waals surface area contributed by atoms with E-state index in [9.17, 15) is 19.5 Å². The molecule has 9 nitrogen and oxygen atoms in total. The Balaban J connectivity index is 1.69. The van der Waals surface area contributed by atoms with Crippen LogP contribution < -0.4 is 14.4 Å². The van der Waals surface area contributed by atoms with Crippen molar-refractivity contribution in [1.82, 2.24) is 4.98 Å². The molecule has 0 unspecified atom stereocenters. The predicted octanol–water partition coefficient (Wildman–Crippen LogP) is 4.29. The fraction of sp³-hybridized carbons (Fsp3) is 0.200. The number of Topliss-reactive ketones (excluding diaryl/α,β-unsaturated/α-hetero) is 1. The molecule has 5 rings (SSSR count). The first-order chi connectivity index (χ1) is 17.3. The third-order valence-electron chi connectivity index (χ3n) is 5.79. The molecule has 2 aliphatic heterocycles. The molecule has 36 heavy (non-hydrogen) atoms. The minimum absolute atomic E-state index is 0.112. The second kappa shape index (κ2) is 9.29. The Hall–Kier alpha value is -3.89. The van der Waals surface area contributed by atoms with E-state index in [1.54, 1.807) is 49.4 Å². The number of aryl methyl sites for hydroxylation is 1. The van der Waals surface area contributed by atoms with E-state index in [0.29, 0.717) is 41.0 Å². The van der Waals surface area contributed by atoms with Crippen LogP contribution in [0.1, 0.15) is 32.5 Å². The van der Waals surface area contributed by atoms with E-state index in [2.05, 4.69) is 4.98 Å². The van der Waals surface area contributed by atoms with E-state index in [0.717, 1.165) is 11.3 Å². The lowest BCUT2D eigenvalue weighted by Gasteiger charge is -2.23. The number of carbonyl (C=O) groups excluding carboxylic acids is 3. The number of aromatic nitrogens is 1. The van der Waals surface area contributed by atoms with Gasteiger partial charge in [-0.25, -0.2) is 9.78 Å². The number of aliphatic hydroxyl groups is 1. The van der Waals surface area contributed by atoms with Crippen molar-refractivity contribution < 1.29 is 33.7 Å². The highest BCUT2D eigenvalue weighted by Crippen LogP contribution is 2.45. The van der Waals surface area contributed by atoms with E-state index >= 15 is 0 Å². The third-order valence-corrected chi connectivity index (χ3v) is 7.16. The van der Waals surface area contributed by atoms with Gasteiger partial charge >= 0.3 is 11.9 Å². The molecular formula is C25H19ClN2O7S. The number of rotatable bonds is 4. The van der Waals surface area contributed by atoms with Crippen molar-refractivity contribution in [3.63, 3.8) is 0 Å². The number of benzene rings is 2. The van der Waals surface area contributed by atoms with Gasteiger partial charge in [0.25, 0.3) is 5.78 Å². The quantitative estimate of drug-likeness (QED) is 0.232. The molecule has 11 heteroatoms. The number of thiazole rings is 1. The lowest BCUT2D eigenvalue weighted by molar-refractivity contribution is -0.132. The van der Waals surface area contributed by atoms with Crippen LogP contribution in [0.25, 0.3) is 5.76 Å². The molecule has 3 aromatic rings. The Bertz CT molecular complexity index is 1450. The number of aliphatic hydroxyl groups excluding tert-OH is 1. The second-order valence-corrected chi connectivity index (χ2v) is 9.40. The smallest absolute Gasteiger partial charge is 0.350 e. The SMILES string of the molecule is COC(=O)c1sc(N2C(=O)C(=O)C(=C(O)c3ccc4c(c3)OCCO4)[C@H]2c2cccc(Cl)c2)nc1C. The van der Waals surface area contributed by atoms with Gasteiger partial charge in [0.05, 0.1) is 24.4 Å². The van der Waals surface area contributed by atoms with Crippen LogP contribution in [-0.2, 0) is 14.3 Å². The molecule has 1 aromatic heterocycles. The average molecular weight is 527 g/mol. The Morgan fingerprint density at radius 1 is 1.17 bits per heavy atom. The number of anilines is 1. The van der Waals surface area contributed by atoms with Crippen LogP contribution in [0, 0.1) is 6.92 Å². The van der Waals surface area contributed by atoms with Crippen LogP contribution >= 0.6 is 22.9 Å². The number of hydrogen-bond acceptors (Lipinski definition) is 9. The largest absolute Gasteiger partial charge is 0.507 e. The Labute approximate surface area is 214 Å². The summed E-state index contributed by atoms with van der Waals surface area (Å²) in [5.41, 5.74) is 0.954. The molecule has 0 spiro atoms. The normalized spacial score (nSPS) is 18.4. The van der Waals surface area contributed by atoms with Crippen LogP contribution in [0.3, 0.4) is 0 Å². The third kappa shape index (κ3) is 3.98. The molecule has 1 fully saturated rings. The second-order valence-electron chi connectivity index (χ2n) is 7.99. The molecule has 2 aromatic carbocycles. The molecule has 1 amide bonds. The maximum absolute atomic E-state index is 13.3. The van der Waals surface area contributed by atoms with Gasteiger partial charge in [-0.05, 0) is 42.8 Å². The standard InChI is InChI=1S/C25H19ClN2O7S/c1-12-22(24(32)33-2)36-25(27-12)28-19(13-4-3-5-15(26)10-13)18(21(30)23(28)31)20(29)14-6-7-16-17(11-14)35-9-8-34-16/h3-7,10-11,19,29H,8-9H2,1-2H3/t19-/m1/s1. The zero-order valence-corrected chi connectivity index (χ0v) is 20.7. The number of carbonyl (C=O) groups is 3. The summed E-state index contributed by atoms with van der Waals surface area (Å²) in [6, 6.07) is 10.3. The van der Waals surface area contributed by atoms with Gasteiger partial charge in [-0.2, -0.15) is 0 Å². The number of amides is 1. The van der Waals surface area contributed by atoms with Crippen LogP contribution in [0.4, 0.5) is 5.13 Å². The van der Waals surface area contributed by atoms with E-state index in [4.69, 9.17) is 25.8 Å². The Kier molecular flexibility index (Phi) is 6.15. The van der Waals surface area contributed by atoms with E-state index in [-0.39, 0.29) is 26.9 Å². The fourth-order valence-corrected chi connectivity index (χ4v) is 5.35. The summed E-state index contributed by atoms with van der Waals surface area (Å²) < 4.78 is 15.9. The van der Waals surface area contributed by atoms with Crippen molar-refractivity contribution in [2.75, 3.05) is 25.2 Å². The van der Waals surface area contributed by atoms with Gasteiger partial charge < -0.3 is 19.3 Å². The highest BCUT2D eigenvalue weighted by Gasteiger charge is 2.48. The molecule has 0 saturated carbocycles. The molecule has 0 aliphatic carbocycles. The minimum Gasteiger partial charge on any atom is -0.507 e. The summed E-state index contributed by atoms with van der Waals surface area (Å²) in [5, 5.41) is 11.8. The lowest BCUT2D eigenvalue weighted by atomic mass is 9.95. The molecule has 3 heterocycles. The number of halogens is 1. The van der Waals surface area contributed by atoms with Gasteiger partial charge in [0.15, 0.2) is 16.6 Å². The first kappa shape index (κ1) is 23.8. The Morgan fingerprint density at radius 3 is 2.64 bits per heavy atom. The molecule has 184 valence electrons.